The highest BCUT2D eigenvalue weighted by atomic mass is 16.3. The summed E-state index contributed by atoms with van der Waals surface area (Å²) in [5, 5.41) is 45.7. The van der Waals surface area contributed by atoms with Gasteiger partial charge in [-0.05, 0) is 30.4 Å². The Bertz CT molecular complexity index is 1170. The summed E-state index contributed by atoms with van der Waals surface area (Å²) in [7, 11) is 0. The molecular formula is C21H21N3O8. The molecule has 3 aliphatic rings. The molecule has 0 aliphatic heterocycles. The van der Waals surface area contributed by atoms with Crippen molar-refractivity contribution in [2.24, 2.45) is 17.6 Å². The maximum atomic E-state index is 13.4. The number of benzene rings is 1. The van der Waals surface area contributed by atoms with E-state index in [0.29, 0.717) is 12.0 Å². The average molecular weight is 443 g/mol. The fourth-order valence-electron chi connectivity index (χ4n) is 5.06. The number of phenolic OH excluding ortho intramolecular Hbond substituents is 1. The molecule has 168 valence electrons. The zero-order valence-corrected chi connectivity index (χ0v) is 16.7. The predicted octanol–water partition coefficient (Wildman–Crippen LogP) is -0.748. The minimum atomic E-state index is -2.62. The van der Waals surface area contributed by atoms with E-state index in [-0.39, 0.29) is 48.2 Å². The Balaban J connectivity index is 1.91. The van der Waals surface area contributed by atoms with Gasteiger partial charge in [0.15, 0.2) is 11.4 Å². The van der Waals surface area contributed by atoms with E-state index in [1.165, 1.54) is 6.07 Å². The highest BCUT2D eigenvalue weighted by molar-refractivity contribution is 6.22. The van der Waals surface area contributed by atoms with Crippen molar-refractivity contribution >= 4 is 35.3 Å². The van der Waals surface area contributed by atoms with E-state index in [1.54, 1.807) is 0 Å². The number of rotatable bonds is 4. The molecule has 0 saturated heterocycles. The lowest BCUT2D eigenvalue weighted by molar-refractivity contribution is -0.147. The molecule has 1 saturated carbocycles. The second-order valence-electron chi connectivity index (χ2n) is 8.23. The molecule has 3 atom stereocenters. The van der Waals surface area contributed by atoms with Gasteiger partial charge in [-0.15, -0.1) is 0 Å². The Hall–Kier alpha value is -3.86. The fraction of sp³-hybridized carbons (Fsp3) is 0.333. The molecule has 1 fully saturated rings. The van der Waals surface area contributed by atoms with Gasteiger partial charge >= 0.3 is 0 Å². The van der Waals surface area contributed by atoms with Crippen molar-refractivity contribution in [1.29, 1.82) is 0 Å². The van der Waals surface area contributed by atoms with Gasteiger partial charge in [0, 0.05) is 35.7 Å². The Kier molecular flexibility index (Phi) is 4.74. The number of primary amides is 1. The van der Waals surface area contributed by atoms with Gasteiger partial charge in [0.25, 0.3) is 5.91 Å². The van der Waals surface area contributed by atoms with E-state index in [9.17, 15) is 39.6 Å². The van der Waals surface area contributed by atoms with Gasteiger partial charge in [-0.25, -0.2) is 0 Å². The molecule has 1 aromatic rings. The average Bonchev–Trinajstić information content (AvgIpc) is 2.71. The molecule has 1 unspecified atom stereocenters. The van der Waals surface area contributed by atoms with Crippen LogP contribution in [0.4, 0.5) is 5.69 Å². The first kappa shape index (κ1) is 21.4. The first-order chi connectivity index (χ1) is 15.0. The standard InChI is InChI=1S/C21H21N3O8/c22-11-3-8(5-24-6-25)16(27)14-10(11)2-7-1-9-4-12(26)15(20(23)31)19(30)21(9,32)18(29)13(7)17(14)28/h3,6-7,9,27-28,30,32H,1-2,4-5,22H2,(H2,23,31)(H,24,25)/t7?,9-,21-/m0/s1. The number of carbonyl (C=O) groups excluding carboxylic acids is 4. The molecule has 32 heavy (non-hydrogen) atoms. The Morgan fingerprint density at radius 1 is 1.25 bits per heavy atom. The van der Waals surface area contributed by atoms with Crippen molar-refractivity contribution in [3.8, 4) is 5.75 Å². The number of hydrogen-bond acceptors (Lipinski definition) is 9. The number of phenols is 1. The van der Waals surface area contributed by atoms with E-state index in [4.69, 9.17) is 11.5 Å². The third kappa shape index (κ3) is 2.71. The number of Topliss-reactive ketones (excluding diaryl/α,β-unsaturated/α-hetero) is 2. The van der Waals surface area contributed by atoms with Crippen LogP contribution in [-0.4, -0.2) is 49.9 Å². The van der Waals surface area contributed by atoms with Crippen LogP contribution in [0.1, 0.15) is 29.5 Å². The summed E-state index contributed by atoms with van der Waals surface area (Å²) in [6, 6.07) is 1.45. The van der Waals surface area contributed by atoms with Crippen LogP contribution in [0.5, 0.6) is 5.75 Å². The topological polar surface area (TPSA) is 213 Å². The van der Waals surface area contributed by atoms with Crippen molar-refractivity contribution in [2.45, 2.75) is 31.4 Å². The molecule has 11 heteroatoms. The maximum absolute atomic E-state index is 13.4. The summed E-state index contributed by atoms with van der Waals surface area (Å²) in [5.74, 6) is -7.00. The summed E-state index contributed by atoms with van der Waals surface area (Å²) in [4.78, 5) is 47.9. The Morgan fingerprint density at radius 2 is 1.94 bits per heavy atom. The number of nitrogens with two attached hydrogens (primary N) is 2. The molecule has 11 nitrogen and oxygen atoms in total. The van der Waals surface area contributed by atoms with Crippen LogP contribution in [0.15, 0.2) is 23.0 Å². The minimum Gasteiger partial charge on any atom is -0.508 e. The molecule has 1 aromatic carbocycles. The first-order valence-corrected chi connectivity index (χ1v) is 9.81. The number of hydrogen-bond donors (Lipinski definition) is 7. The van der Waals surface area contributed by atoms with Crippen molar-refractivity contribution in [2.75, 3.05) is 5.73 Å². The quantitative estimate of drug-likeness (QED) is 0.135. The van der Waals surface area contributed by atoms with E-state index >= 15 is 0 Å². The van der Waals surface area contributed by atoms with Gasteiger partial charge in [0.2, 0.25) is 12.2 Å². The zero-order valence-electron chi connectivity index (χ0n) is 16.7. The summed E-state index contributed by atoms with van der Waals surface area (Å²) in [6.07, 6.45) is 0.172. The normalized spacial score (nSPS) is 26.9. The number of amides is 2. The van der Waals surface area contributed by atoms with Crippen LogP contribution in [-0.2, 0) is 32.1 Å². The van der Waals surface area contributed by atoms with Crippen molar-refractivity contribution in [3.63, 3.8) is 0 Å². The van der Waals surface area contributed by atoms with Crippen LogP contribution < -0.4 is 16.8 Å². The molecular weight excluding hydrogens is 422 g/mol. The molecule has 0 heterocycles. The number of aliphatic hydroxyl groups excluding tert-OH is 2. The van der Waals surface area contributed by atoms with Gasteiger partial charge in [0.05, 0.1) is 5.56 Å². The third-order valence-electron chi connectivity index (χ3n) is 6.55. The summed E-state index contributed by atoms with van der Waals surface area (Å²) >= 11 is 0. The number of aliphatic hydroxyl groups is 3. The highest BCUT2D eigenvalue weighted by Crippen LogP contribution is 2.52. The van der Waals surface area contributed by atoms with Crippen LogP contribution in [0.3, 0.4) is 0 Å². The molecule has 2 amide bonds. The largest absolute Gasteiger partial charge is 0.508 e. The number of anilines is 1. The minimum absolute atomic E-state index is 0.0254. The number of nitrogen functional groups attached to an aromatic ring is 1. The van der Waals surface area contributed by atoms with Crippen LogP contribution in [0.25, 0.3) is 5.76 Å². The lowest BCUT2D eigenvalue weighted by Gasteiger charge is -2.46. The van der Waals surface area contributed by atoms with Gasteiger partial charge in [-0.1, -0.05) is 0 Å². The van der Waals surface area contributed by atoms with Crippen molar-refractivity contribution in [3.05, 3.63) is 39.7 Å². The second kappa shape index (κ2) is 7.09. The molecule has 0 aromatic heterocycles. The lowest BCUT2D eigenvalue weighted by atomic mass is 9.59. The van der Waals surface area contributed by atoms with E-state index < -0.39 is 57.8 Å². The highest BCUT2D eigenvalue weighted by Gasteiger charge is 2.60. The fourth-order valence-corrected chi connectivity index (χ4v) is 5.06. The zero-order chi connectivity index (χ0) is 23.5. The summed E-state index contributed by atoms with van der Waals surface area (Å²) in [5.41, 5.74) is 8.22. The monoisotopic (exact) mass is 443 g/mol. The van der Waals surface area contributed by atoms with Crippen LogP contribution in [0, 0.1) is 11.8 Å². The third-order valence-corrected chi connectivity index (χ3v) is 6.55. The van der Waals surface area contributed by atoms with E-state index in [0.717, 1.165) is 0 Å². The van der Waals surface area contributed by atoms with Crippen LogP contribution in [0.2, 0.25) is 0 Å². The number of carbonyl (C=O) groups is 4. The van der Waals surface area contributed by atoms with E-state index in [1.807, 2.05) is 0 Å². The number of fused-ring (bicyclic) bond motifs is 3. The Labute approximate surface area is 181 Å². The molecule has 0 radical (unpaired) electrons. The van der Waals surface area contributed by atoms with E-state index in [2.05, 4.69) is 5.32 Å². The van der Waals surface area contributed by atoms with Gasteiger partial charge in [-0.3, -0.25) is 19.2 Å². The number of nitrogens with one attached hydrogen (secondary N) is 1. The molecule has 0 bridgehead atoms. The van der Waals surface area contributed by atoms with Gasteiger partial charge in [-0.2, -0.15) is 0 Å². The second-order valence-corrected chi connectivity index (χ2v) is 8.23. The molecule has 0 spiro atoms. The molecule has 3 aliphatic carbocycles. The summed E-state index contributed by atoms with van der Waals surface area (Å²) in [6.45, 7) is -0.0909. The molecule has 4 rings (SSSR count). The smallest absolute Gasteiger partial charge is 0.255 e. The van der Waals surface area contributed by atoms with Gasteiger partial charge < -0.3 is 37.2 Å². The van der Waals surface area contributed by atoms with Crippen molar-refractivity contribution < 1.29 is 39.6 Å². The van der Waals surface area contributed by atoms with Gasteiger partial charge in [0.1, 0.15) is 22.8 Å². The summed E-state index contributed by atoms with van der Waals surface area (Å²) < 4.78 is 0. The SMILES string of the molecule is NC(=O)C1=C(O)[C@@]2(O)C(=O)C3=C(O)c4c(O)c(CNC=O)cc(N)c4CC3C[C@H]2CC1=O. The number of aromatic hydroxyl groups is 1. The Morgan fingerprint density at radius 3 is 2.56 bits per heavy atom. The molecule has 9 N–H and O–H groups in total. The maximum Gasteiger partial charge on any atom is 0.255 e. The number of ketones is 2. The first-order valence-electron chi connectivity index (χ1n) is 9.81. The lowest BCUT2D eigenvalue weighted by Crippen LogP contribution is -2.58. The van der Waals surface area contributed by atoms with Crippen LogP contribution >= 0.6 is 0 Å². The predicted molar refractivity (Wildman–Crippen MR) is 109 cm³/mol. The van der Waals surface area contributed by atoms with Crippen molar-refractivity contribution in [1.82, 2.24) is 5.32 Å².